The highest BCUT2D eigenvalue weighted by molar-refractivity contribution is 5.95. The molecule has 10 heteroatoms. The maximum absolute atomic E-state index is 13.9. The summed E-state index contributed by atoms with van der Waals surface area (Å²) in [5.41, 5.74) is -1.39. The molecule has 27 heavy (non-hydrogen) atoms. The highest BCUT2D eigenvalue weighted by Gasteiger charge is 2.41. The zero-order chi connectivity index (χ0) is 18.7. The van der Waals surface area contributed by atoms with E-state index in [1.54, 1.807) is 0 Å². The normalized spacial score (nSPS) is 14.3. The molecule has 0 unspecified atom stereocenters. The van der Waals surface area contributed by atoms with E-state index in [4.69, 9.17) is 0 Å². The van der Waals surface area contributed by atoms with Crippen molar-refractivity contribution in [1.29, 1.82) is 0 Å². The van der Waals surface area contributed by atoms with Gasteiger partial charge in [-0.25, -0.2) is 9.07 Å². The molecule has 0 aliphatic carbocycles. The van der Waals surface area contributed by atoms with Gasteiger partial charge in [0.15, 0.2) is 5.69 Å². The molecule has 1 aliphatic heterocycles. The van der Waals surface area contributed by atoms with Crippen molar-refractivity contribution in [1.82, 2.24) is 20.4 Å². The predicted molar refractivity (Wildman–Crippen MR) is 93.7 cm³/mol. The van der Waals surface area contributed by atoms with Crippen LogP contribution in [0.4, 0.5) is 17.6 Å². The van der Waals surface area contributed by atoms with Crippen LogP contribution in [0.25, 0.3) is 5.69 Å². The van der Waals surface area contributed by atoms with Crippen molar-refractivity contribution < 1.29 is 22.4 Å². The molecule has 0 fully saturated rings. The first-order valence-electron chi connectivity index (χ1n) is 7.95. The van der Waals surface area contributed by atoms with Crippen LogP contribution in [-0.2, 0) is 6.18 Å². The van der Waals surface area contributed by atoms with Crippen molar-refractivity contribution in [2.24, 2.45) is 0 Å². The lowest BCUT2D eigenvalue weighted by molar-refractivity contribution is -0.143. The van der Waals surface area contributed by atoms with Gasteiger partial charge < -0.3 is 10.6 Å². The van der Waals surface area contributed by atoms with Gasteiger partial charge in [0.2, 0.25) is 0 Å². The number of benzene rings is 1. The van der Waals surface area contributed by atoms with Crippen molar-refractivity contribution in [2.75, 3.05) is 19.6 Å². The molecule has 0 saturated carbocycles. The Morgan fingerprint density at radius 2 is 2.04 bits per heavy atom. The van der Waals surface area contributed by atoms with E-state index in [1.807, 2.05) is 6.08 Å². The van der Waals surface area contributed by atoms with Crippen LogP contribution < -0.4 is 10.6 Å². The fourth-order valence-electron chi connectivity index (χ4n) is 2.71. The Kier molecular flexibility index (Phi) is 6.61. The second kappa shape index (κ2) is 8.53. The van der Waals surface area contributed by atoms with Crippen LogP contribution in [0, 0.1) is 5.82 Å². The molecule has 0 spiro atoms. The number of rotatable bonds is 4. The maximum atomic E-state index is 13.9. The van der Waals surface area contributed by atoms with Crippen molar-refractivity contribution in [3.8, 4) is 5.69 Å². The number of alkyl halides is 3. The van der Waals surface area contributed by atoms with Crippen LogP contribution in [0.5, 0.6) is 0 Å². The second-order valence-electron chi connectivity index (χ2n) is 5.77. The summed E-state index contributed by atoms with van der Waals surface area (Å²) in [6.07, 6.45) is -1.47. The van der Waals surface area contributed by atoms with Crippen LogP contribution in [0.1, 0.15) is 22.5 Å². The molecule has 1 aliphatic rings. The number of aromatic nitrogens is 2. The van der Waals surface area contributed by atoms with Crippen LogP contribution in [0.15, 0.2) is 42.1 Å². The fourth-order valence-corrected chi connectivity index (χ4v) is 2.71. The van der Waals surface area contributed by atoms with Crippen molar-refractivity contribution in [3.63, 3.8) is 0 Å². The Hall–Kier alpha value is -2.39. The van der Waals surface area contributed by atoms with E-state index in [-0.39, 0.29) is 24.6 Å². The summed E-state index contributed by atoms with van der Waals surface area (Å²) in [7, 11) is 0. The summed E-state index contributed by atoms with van der Waals surface area (Å²) in [5.74, 6) is -1.77. The second-order valence-corrected chi connectivity index (χ2v) is 5.77. The smallest absolute Gasteiger partial charge is 0.348 e. The molecule has 2 N–H and O–H groups in total. The zero-order valence-corrected chi connectivity index (χ0v) is 14.8. The minimum absolute atomic E-state index is 0. The number of nitrogens with one attached hydrogen (secondary N) is 2. The number of carbonyl (C=O) groups is 1. The van der Waals surface area contributed by atoms with Crippen molar-refractivity contribution >= 4 is 18.3 Å². The lowest BCUT2D eigenvalue weighted by atomic mass is 10.1. The third kappa shape index (κ3) is 4.67. The molecule has 0 bridgehead atoms. The van der Waals surface area contributed by atoms with Gasteiger partial charge in [-0.15, -0.1) is 12.4 Å². The van der Waals surface area contributed by atoms with Gasteiger partial charge in [-0.05, 0) is 25.1 Å². The van der Waals surface area contributed by atoms with Gasteiger partial charge in [-0.3, -0.25) is 4.79 Å². The molecule has 0 atom stereocenters. The number of hydrogen-bond acceptors (Lipinski definition) is 3. The lowest BCUT2D eigenvalue weighted by Crippen LogP contribution is -2.31. The maximum Gasteiger partial charge on any atom is 0.434 e. The van der Waals surface area contributed by atoms with Gasteiger partial charge in [0.05, 0.1) is 11.8 Å². The topological polar surface area (TPSA) is 59.0 Å². The monoisotopic (exact) mass is 404 g/mol. The molecule has 1 aromatic heterocycles. The minimum atomic E-state index is -4.88. The van der Waals surface area contributed by atoms with Crippen LogP contribution in [-0.4, -0.2) is 35.3 Å². The fraction of sp³-hybridized carbons (Fsp3) is 0.294. The summed E-state index contributed by atoms with van der Waals surface area (Å²) < 4.78 is 54.9. The van der Waals surface area contributed by atoms with E-state index in [2.05, 4.69) is 15.7 Å². The van der Waals surface area contributed by atoms with Crippen molar-refractivity contribution in [2.45, 2.75) is 12.6 Å². The molecule has 1 amide bonds. The molecular weight excluding hydrogens is 388 g/mol. The van der Waals surface area contributed by atoms with E-state index >= 15 is 0 Å². The van der Waals surface area contributed by atoms with Crippen molar-refractivity contribution in [3.05, 3.63) is 59.2 Å². The predicted octanol–water partition coefficient (Wildman–Crippen LogP) is 3.10. The first kappa shape index (κ1) is 20.9. The Balaban J connectivity index is 0.00000261. The number of amides is 1. The standard InChI is InChI=1S/C17H16F4N4O.ClH/c18-13-3-1-2-4-14(13)25-15(17(19,20)21)12(10-24-25)16(26)23-9-11-5-7-22-8-6-11;/h1-5,10,22H,6-9H2,(H,23,26);1H. The third-order valence-corrected chi connectivity index (χ3v) is 4.00. The Morgan fingerprint density at radius 1 is 1.30 bits per heavy atom. The molecule has 5 nitrogen and oxygen atoms in total. The third-order valence-electron chi connectivity index (χ3n) is 4.00. The van der Waals surface area contributed by atoms with Gasteiger partial charge in [0, 0.05) is 13.1 Å². The average molecular weight is 405 g/mol. The van der Waals surface area contributed by atoms with E-state index in [9.17, 15) is 22.4 Å². The lowest BCUT2D eigenvalue weighted by Gasteiger charge is -2.15. The average Bonchev–Trinajstić information content (AvgIpc) is 3.06. The van der Waals surface area contributed by atoms with E-state index in [0.717, 1.165) is 24.4 Å². The quantitative estimate of drug-likeness (QED) is 0.608. The number of hydrogen-bond donors (Lipinski definition) is 2. The summed E-state index contributed by atoms with van der Waals surface area (Å²) in [6.45, 7) is 1.56. The van der Waals surface area contributed by atoms with Gasteiger partial charge in [-0.2, -0.15) is 18.3 Å². The molecule has 0 radical (unpaired) electrons. The molecule has 2 heterocycles. The molecule has 0 saturated heterocycles. The van der Waals surface area contributed by atoms with Gasteiger partial charge >= 0.3 is 6.18 Å². The SMILES string of the molecule is Cl.O=C(NCC1=CCNCC1)c1cnn(-c2ccccc2F)c1C(F)(F)F. The van der Waals surface area contributed by atoms with E-state index in [0.29, 0.717) is 17.6 Å². The van der Waals surface area contributed by atoms with E-state index in [1.165, 1.54) is 18.2 Å². The largest absolute Gasteiger partial charge is 0.434 e. The zero-order valence-electron chi connectivity index (χ0n) is 14.0. The molecule has 1 aromatic carbocycles. The first-order valence-corrected chi connectivity index (χ1v) is 7.95. The highest BCUT2D eigenvalue weighted by atomic mass is 35.5. The number of carbonyl (C=O) groups excluding carboxylic acids is 1. The Morgan fingerprint density at radius 3 is 2.67 bits per heavy atom. The molecule has 3 rings (SSSR count). The van der Waals surface area contributed by atoms with Gasteiger partial charge in [0.25, 0.3) is 5.91 Å². The van der Waals surface area contributed by atoms with Gasteiger partial charge in [-0.1, -0.05) is 23.8 Å². The summed E-state index contributed by atoms with van der Waals surface area (Å²) in [6, 6.07) is 4.94. The van der Waals surface area contributed by atoms with Gasteiger partial charge in [0.1, 0.15) is 11.5 Å². The number of halogens is 5. The Labute approximate surface area is 158 Å². The number of para-hydroxylation sites is 1. The Bertz CT molecular complexity index is 848. The molecular formula is C17H17ClF4N4O. The van der Waals surface area contributed by atoms with Crippen LogP contribution >= 0.6 is 12.4 Å². The summed E-state index contributed by atoms with van der Waals surface area (Å²) >= 11 is 0. The summed E-state index contributed by atoms with van der Waals surface area (Å²) in [5, 5.41) is 9.18. The van der Waals surface area contributed by atoms with Crippen LogP contribution in [0.2, 0.25) is 0 Å². The summed E-state index contributed by atoms with van der Waals surface area (Å²) in [4.78, 5) is 12.3. The first-order chi connectivity index (χ1) is 12.4. The van der Waals surface area contributed by atoms with E-state index < -0.39 is 29.2 Å². The minimum Gasteiger partial charge on any atom is -0.348 e. The van der Waals surface area contributed by atoms with Crippen LogP contribution in [0.3, 0.4) is 0 Å². The molecule has 146 valence electrons. The number of nitrogens with zero attached hydrogens (tertiary/aromatic N) is 2. The highest BCUT2D eigenvalue weighted by Crippen LogP contribution is 2.34. The molecule has 2 aromatic rings.